The van der Waals surface area contributed by atoms with Crippen molar-refractivity contribution in [1.82, 2.24) is 0 Å². The fourth-order valence-corrected chi connectivity index (χ4v) is 2.76. The molecule has 0 saturated heterocycles. The Labute approximate surface area is 163 Å². The van der Waals surface area contributed by atoms with Crippen LogP contribution in [0.2, 0.25) is 5.82 Å². The maximum atomic E-state index is 12.4. The van der Waals surface area contributed by atoms with Gasteiger partial charge in [0.05, 0.1) is 5.41 Å². The van der Waals surface area contributed by atoms with Crippen molar-refractivity contribution in [3.8, 4) is 11.5 Å². The van der Waals surface area contributed by atoms with Gasteiger partial charge in [-0.3, -0.25) is 9.59 Å². The third-order valence-corrected chi connectivity index (χ3v) is 4.37. The number of rotatable bonds is 6. The zero-order valence-electron chi connectivity index (χ0n) is 16.5. The number of fused-ring (bicyclic) bond motifs is 1. The molecule has 2 rings (SSSR count). The second-order valence-electron chi connectivity index (χ2n) is 7.78. The number of ketones is 1. The van der Waals surface area contributed by atoms with Crippen LogP contribution in [0.25, 0.3) is 0 Å². The van der Waals surface area contributed by atoms with E-state index in [0.717, 1.165) is 6.07 Å². The molecule has 1 heterocycles. The van der Waals surface area contributed by atoms with Crippen molar-refractivity contribution in [3.05, 3.63) is 23.3 Å². The van der Waals surface area contributed by atoms with Crippen LogP contribution in [0.15, 0.2) is 12.1 Å². The largest absolute Gasteiger partial charge is 0.535 e. The highest BCUT2D eigenvalue weighted by Crippen LogP contribution is 2.39. The molecular weight excluding hydrogens is 367 g/mol. The number of phenols is 1. The van der Waals surface area contributed by atoms with Gasteiger partial charge in [-0.2, -0.15) is 0 Å². The summed E-state index contributed by atoms with van der Waals surface area (Å²) >= 11 is 0. The maximum Gasteiger partial charge on any atom is 0.526 e. The van der Waals surface area contributed by atoms with Crippen molar-refractivity contribution in [2.24, 2.45) is 5.41 Å². The molecule has 0 bridgehead atoms. The minimum absolute atomic E-state index is 0.0171. The highest BCUT2D eigenvalue weighted by Gasteiger charge is 2.38. The summed E-state index contributed by atoms with van der Waals surface area (Å²) in [7, 11) is -1.27. The number of carbonyl (C=O) groups is 3. The molecule has 1 aliphatic heterocycles. The number of aromatic hydroxyl groups is 1. The SMILES string of the molecule is CCC(=O)C[C@H]1Cc2cc(O)cc(C(=O)OCOC(=O)C(C)(C)C)c2OB1O. The molecule has 28 heavy (non-hydrogen) atoms. The quantitative estimate of drug-likeness (QED) is 0.430. The number of phenolic OH excluding ortho intramolecular Hbond substituents is 1. The molecule has 1 aliphatic rings. The van der Waals surface area contributed by atoms with Crippen molar-refractivity contribution in [2.75, 3.05) is 6.79 Å². The maximum absolute atomic E-state index is 12.4. The van der Waals surface area contributed by atoms with Crippen molar-refractivity contribution in [2.45, 2.75) is 52.8 Å². The van der Waals surface area contributed by atoms with Crippen molar-refractivity contribution in [1.29, 1.82) is 0 Å². The summed E-state index contributed by atoms with van der Waals surface area (Å²) in [6.45, 7) is 6.14. The van der Waals surface area contributed by atoms with Crippen LogP contribution in [0.5, 0.6) is 11.5 Å². The molecule has 0 amide bonds. The van der Waals surface area contributed by atoms with Gasteiger partial charge in [-0.1, -0.05) is 6.92 Å². The standard InChI is InChI=1S/C19H25BO8/c1-5-13(21)8-12-6-11-7-14(22)9-15(16(11)28-20(12)25)17(23)26-10-27-18(24)19(2,3)4/h7,9,12,22,25H,5-6,8,10H2,1-4H3/t12-/m1/s1. The van der Waals surface area contributed by atoms with Crippen LogP contribution in [0.4, 0.5) is 0 Å². The van der Waals surface area contributed by atoms with Gasteiger partial charge in [-0.05, 0) is 44.9 Å². The first kappa shape index (κ1) is 21.8. The van der Waals surface area contributed by atoms with E-state index in [-0.39, 0.29) is 35.7 Å². The van der Waals surface area contributed by atoms with Gasteiger partial charge in [0.15, 0.2) is 0 Å². The summed E-state index contributed by atoms with van der Waals surface area (Å²) in [5.41, 5.74) is -0.353. The van der Waals surface area contributed by atoms with E-state index in [9.17, 15) is 24.5 Å². The Kier molecular flexibility index (Phi) is 6.71. The van der Waals surface area contributed by atoms with Gasteiger partial charge in [-0.25, -0.2) is 4.79 Å². The molecule has 0 aliphatic carbocycles. The summed E-state index contributed by atoms with van der Waals surface area (Å²) in [5, 5.41) is 20.2. The van der Waals surface area contributed by atoms with Crippen LogP contribution in [0.3, 0.4) is 0 Å². The highest BCUT2D eigenvalue weighted by atomic mass is 16.7. The molecular formula is C19H25BO8. The number of hydrogen-bond donors (Lipinski definition) is 2. The first-order valence-corrected chi connectivity index (χ1v) is 9.09. The predicted octanol–water partition coefficient (Wildman–Crippen LogP) is 2.25. The highest BCUT2D eigenvalue weighted by molar-refractivity contribution is 6.47. The van der Waals surface area contributed by atoms with Crippen molar-refractivity contribution < 1.29 is 38.6 Å². The average molecular weight is 392 g/mol. The third kappa shape index (κ3) is 5.25. The molecule has 0 spiro atoms. The summed E-state index contributed by atoms with van der Waals surface area (Å²) in [6.07, 6.45) is 0.742. The molecule has 9 heteroatoms. The van der Waals surface area contributed by atoms with E-state index >= 15 is 0 Å². The molecule has 0 unspecified atom stereocenters. The summed E-state index contributed by atoms with van der Waals surface area (Å²) in [6, 6.07) is 2.57. The molecule has 0 aromatic heterocycles. The Hall–Kier alpha value is -2.55. The molecule has 8 nitrogen and oxygen atoms in total. The smallest absolute Gasteiger partial charge is 0.526 e. The van der Waals surface area contributed by atoms with Crippen molar-refractivity contribution in [3.63, 3.8) is 0 Å². The zero-order chi connectivity index (χ0) is 21.1. The number of Topliss-reactive ketones (excluding diaryl/α,β-unsaturated/α-hetero) is 1. The molecule has 0 saturated carbocycles. The summed E-state index contributed by atoms with van der Waals surface area (Å²) in [5.74, 6) is -2.00. The van der Waals surface area contributed by atoms with Crippen LogP contribution >= 0.6 is 0 Å². The summed E-state index contributed by atoms with van der Waals surface area (Å²) < 4.78 is 15.3. The van der Waals surface area contributed by atoms with E-state index < -0.39 is 37.1 Å². The van der Waals surface area contributed by atoms with E-state index in [2.05, 4.69) is 0 Å². The van der Waals surface area contributed by atoms with Crippen molar-refractivity contribution >= 4 is 24.8 Å². The molecule has 152 valence electrons. The number of hydrogen-bond acceptors (Lipinski definition) is 8. The third-order valence-electron chi connectivity index (χ3n) is 4.37. The first-order valence-electron chi connectivity index (χ1n) is 9.09. The monoisotopic (exact) mass is 392 g/mol. The number of carbonyl (C=O) groups excluding carboxylic acids is 3. The Morgan fingerprint density at radius 1 is 1.25 bits per heavy atom. The van der Waals surface area contributed by atoms with E-state index in [4.69, 9.17) is 14.1 Å². The van der Waals surface area contributed by atoms with Crippen LogP contribution in [0, 0.1) is 5.41 Å². The van der Waals surface area contributed by atoms with E-state index in [0.29, 0.717) is 12.0 Å². The first-order chi connectivity index (χ1) is 13.0. The summed E-state index contributed by atoms with van der Waals surface area (Å²) in [4.78, 5) is 35.8. The average Bonchev–Trinajstić information content (AvgIpc) is 2.60. The molecule has 2 N–H and O–H groups in total. The Morgan fingerprint density at radius 2 is 1.93 bits per heavy atom. The minimum Gasteiger partial charge on any atom is -0.535 e. The van der Waals surface area contributed by atoms with E-state index in [1.807, 2.05) is 0 Å². The predicted molar refractivity (Wildman–Crippen MR) is 99.9 cm³/mol. The molecule has 1 aromatic rings. The molecule has 1 aromatic carbocycles. The number of esters is 2. The Balaban J connectivity index is 2.14. The van der Waals surface area contributed by atoms with Gasteiger partial charge in [-0.15, -0.1) is 0 Å². The second-order valence-corrected chi connectivity index (χ2v) is 7.78. The topological polar surface area (TPSA) is 119 Å². The van der Waals surface area contributed by atoms with E-state index in [1.165, 1.54) is 6.07 Å². The number of benzene rings is 1. The molecule has 0 fully saturated rings. The zero-order valence-corrected chi connectivity index (χ0v) is 16.5. The van der Waals surface area contributed by atoms with Crippen LogP contribution in [0.1, 0.15) is 56.5 Å². The lowest BCUT2D eigenvalue weighted by Crippen LogP contribution is -2.36. The Morgan fingerprint density at radius 3 is 2.54 bits per heavy atom. The molecule has 0 radical (unpaired) electrons. The minimum atomic E-state index is -1.27. The Bertz CT molecular complexity index is 768. The number of ether oxygens (including phenoxy) is 2. The van der Waals surface area contributed by atoms with Gasteiger partial charge in [0.1, 0.15) is 22.8 Å². The van der Waals surface area contributed by atoms with Crippen LogP contribution in [-0.2, 0) is 25.5 Å². The van der Waals surface area contributed by atoms with Crippen LogP contribution < -0.4 is 4.65 Å². The lowest BCUT2D eigenvalue weighted by atomic mass is 9.64. The second kappa shape index (κ2) is 8.64. The molecule has 1 atom stereocenters. The fourth-order valence-electron chi connectivity index (χ4n) is 2.76. The van der Waals surface area contributed by atoms with Gasteiger partial charge in [0, 0.05) is 18.7 Å². The lowest BCUT2D eigenvalue weighted by Gasteiger charge is -2.28. The van der Waals surface area contributed by atoms with Gasteiger partial charge in [0.25, 0.3) is 0 Å². The lowest BCUT2D eigenvalue weighted by molar-refractivity contribution is -0.161. The van der Waals surface area contributed by atoms with Gasteiger partial charge >= 0.3 is 19.1 Å². The fraction of sp³-hybridized carbons (Fsp3) is 0.526. The van der Waals surface area contributed by atoms with E-state index in [1.54, 1.807) is 27.7 Å². The van der Waals surface area contributed by atoms with Crippen LogP contribution in [-0.4, -0.2) is 41.8 Å². The normalized spacial score (nSPS) is 16.0. The van der Waals surface area contributed by atoms with Gasteiger partial charge < -0.3 is 24.3 Å². The van der Waals surface area contributed by atoms with Gasteiger partial charge in [0.2, 0.25) is 6.79 Å².